The summed E-state index contributed by atoms with van der Waals surface area (Å²) < 4.78 is 13.6. The molecule has 1 aromatic carbocycles. The number of halogens is 1. The van der Waals surface area contributed by atoms with Crippen LogP contribution in [0.4, 0.5) is 10.1 Å². The van der Waals surface area contributed by atoms with Crippen LogP contribution in [0, 0.1) is 11.7 Å². The van der Waals surface area contributed by atoms with E-state index in [1.807, 2.05) is 0 Å². The molecule has 5 heteroatoms. The van der Waals surface area contributed by atoms with E-state index in [0.717, 1.165) is 30.5 Å². The minimum Gasteiger partial charge on any atom is -0.325 e. The van der Waals surface area contributed by atoms with Crippen molar-refractivity contribution in [2.24, 2.45) is 5.92 Å². The molecular formula is C17H17FN2O2. The third-order valence-corrected chi connectivity index (χ3v) is 4.04. The van der Waals surface area contributed by atoms with Gasteiger partial charge in [-0.3, -0.25) is 9.59 Å². The SMILES string of the molecule is C[C@H]1CCc2[nH]c(=O)c(C(=O)Nc3ccccc3F)cc2C1. The van der Waals surface area contributed by atoms with E-state index in [1.165, 1.54) is 18.2 Å². The minimum atomic E-state index is -0.590. The van der Waals surface area contributed by atoms with Gasteiger partial charge in [0.1, 0.15) is 11.4 Å². The highest BCUT2D eigenvalue weighted by atomic mass is 19.1. The van der Waals surface area contributed by atoms with Crippen LogP contribution in [0.1, 0.15) is 35.0 Å². The first-order valence-corrected chi connectivity index (χ1v) is 7.35. The molecule has 0 spiro atoms. The molecule has 22 heavy (non-hydrogen) atoms. The molecule has 1 aliphatic rings. The van der Waals surface area contributed by atoms with E-state index in [9.17, 15) is 14.0 Å². The maximum Gasteiger partial charge on any atom is 0.261 e. The van der Waals surface area contributed by atoms with E-state index < -0.39 is 17.3 Å². The number of aryl methyl sites for hydroxylation is 1. The Morgan fingerprint density at radius 1 is 1.36 bits per heavy atom. The van der Waals surface area contributed by atoms with Crippen LogP contribution in [0.2, 0.25) is 0 Å². The lowest BCUT2D eigenvalue weighted by Crippen LogP contribution is -2.27. The largest absolute Gasteiger partial charge is 0.325 e. The number of benzene rings is 1. The zero-order valence-corrected chi connectivity index (χ0v) is 12.3. The Morgan fingerprint density at radius 3 is 2.91 bits per heavy atom. The fourth-order valence-electron chi connectivity index (χ4n) is 2.81. The van der Waals surface area contributed by atoms with Gasteiger partial charge in [-0.1, -0.05) is 19.1 Å². The Balaban J connectivity index is 1.91. The number of anilines is 1. The minimum absolute atomic E-state index is 0.0242. The number of aromatic nitrogens is 1. The molecular weight excluding hydrogens is 283 g/mol. The molecule has 114 valence electrons. The van der Waals surface area contributed by atoms with Gasteiger partial charge in [0.25, 0.3) is 11.5 Å². The first-order chi connectivity index (χ1) is 10.5. The van der Waals surface area contributed by atoms with Crippen molar-refractivity contribution in [3.8, 4) is 0 Å². The van der Waals surface area contributed by atoms with Gasteiger partial charge in [0, 0.05) is 5.69 Å². The second kappa shape index (κ2) is 5.75. The van der Waals surface area contributed by atoms with Crippen molar-refractivity contribution in [2.45, 2.75) is 26.2 Å². The highest BCUT2D eigenvalue weighted by Gasteiger charge is 2.20. The van der Waals surface area contributed by atoms with Crippen LogP contribution in [0.5, 0.6) is 0 Å². The highest BCUT2D eigenvalue weighted by molar-refractivity contribution is 6.04. The monoisotopic (exact) mass is 300 g/mol. The average molecular weight is 300 g/mol. The third-order valence-electron chi connectivity index (χ3n) is 4.04. The first-order valence-electron chi connectivity index (χ1n) is 7.35. The van der Waals surface area contributed by atoms with E-state index in [2.05, 4.69) is 17.2 Å². The number of amides is 1. The number of fused-ring (bicyclic) bond motifs is 1. The molecule has 0 saturated heterocycles. The summed E-state index contributed by atoms with van der Waals surface area (Å²) in [6.45, 7) is 2.15. The molecule has 2 N–H and O–H groups in total. The van der Waals surface area contributed by atoms with Crippen molar-refractivity contribution < 1.29 is 9.18 Å². The number of carbonyl (C=O) groups excluding carboxylic acids is 1. The van der Waals surface area contributed by atoms with Gasteiger partial charge < -0.3 is 10.3 Å². The molecule has 0 saturated carbocycles. The lowest BCUT2D eigenvalue weighted by molar-refractivity contribution is 0.102. The third kappa shape index (κ3) is 2.79. The summed E-state index contributed by atoms with van der Waals surface area (Å²) in [5.41, 5.74) is 1.57. The van der Waals surface area contributed by atoms with Crippen LogP contribution in [0.15, 0.2) is 35.1 Å². The molecule has 0 bridgehead atoms. The Bertz CT molecular complexity index is 782. The second-order valence-electron chi connectivity index (χ2n) is 5.80. The molecule has 4 nitrogen and oxygen atoms in total. The summed E-state index contributed by atoms with van der Waals surface area (Å²) in [5, 5.41) is 2.45. The van der Waals surface area contributed by atoms with Crippen LogP contribution in [0.25, 0.3) is 0 Å². The topological polar surface area (TPSA) is 62.0 Å². The van der Waals surface area contributed by atoms with E-state index in [4.69, 9.17) is 0 Å². The molecule has 0 fully saturated rings. The molecule has 2 aromatic rings. The Labute approximate surface area is 127 Å². The summed E-state index contributed by atoms with van der Waals surface area (Å²) in [4.78, 5) is 27.1. The molecule has 1 amide bonds. The molecule has 1 aromatic heterocycles. The number of hydrogen-bond donors (Lipinski definition) is 2. The Kier molecular flexibility index (Phi) is 3.79. The number of carbonyl (C=O) groups is 1. The Hall–Kier alpha value is -2.43. The highest BCUT2D eigenvalue weighted by Crippen LogP contribution is 2.23. The normalized spacial score (nSPS) is 16.9. The zero-order valence-electron chi connectivity index (χ0n) is 12.3. The fraction of sp³-hybridized carbons (Fsp3) is 0.294. The quantitative estimate of drug-likeness (QED) is 0.896. The van der Waals surface area contributed by atoms with Crippen molar-refractivity contribution in [2.75, 3.05) is 5.32 Å². The van der Waals surface area contributed by atoms with Crippen LogP contribution in [0.3, 0.4) is 0 Å². The molecule has 1 heterocycles. The molecule has 1 atom stereocenters. The maximum atomic E-state index is 13.6. The Morgan fingerprint density at radius 2 is 2.14 bits per heavy atom. The predicted molar refractivity (Wildman–Crippen MR) is 82.6 cm³/mol. The van der Waals surface area contributed by atoms with E-state index in [1.54, 1.807) is 12.1 Å². The molecule has 1 aliphatic carbocycles. The smallest absolute Gasteiger partial charge is 0.261 e. The number of hydrogen-bond acceptors (Lipinski definition) is 2. The van der Waals surface area contributed by atoms with Gasteiger partial charge in [-0.05, 0) is 48.9 Å². The predicted octanol–water partition coefficient (Wildman–Crippen LogP) is 2.89. The van der Waals surface area contributed by atoms with Gasteiger partial charge in [0.2, 0.25) is 0 Å². The number of nitrogens with one attached hydrogen (secondary N) is 2. The lowest BCUT2D eigenvalue weighted by Gasteiger charge is -2.21. The van der Waals surface area contributed by atoms with Crippen LogP contribution >= 0.6 is 0 Å². The average Bonchev–Trinajstić information content (AvgIpc) is 2.49. The van der Waals surface area contributed by atoms with Gasteiger partial charge >= 0.3 is 0 Å². The second-order valence-corrected chi connectivity index (χ2v) is 5.80. The molecule has 3 rings (SSSR count). The van der Waals surface area contributed by atoms with E-state index >= 15 is 0 Å². The number of para-hydroxylation sites is 1. The molecule has 0 aliphatic heterocycles. The van der Waals surface area contributed by atoms with Crippen LogP contribution in [-0.2, 0) is 12.8 Å². The maximum absolute atomic E-state index is 13.6. The van der Waals surface area contributed by atoms with Crippen molar-refractivity contribution in [1.82, 2.24) is 4.98 Å². The summed E-state index contributed by atoms with van der Waals surface area (Å²) >= 11 is 0. The summed E-state index contributed by atoms with van der Waals surface area (Å²) in [6, 6.07) is 7.52. The van der Waals surface area contributed by atoms with Crippen LogP contribution in [-0.4, -0.2) is 10.9 Å². The molecule has 0 unspecified atom stereocenters. The fourth-order valence-corrected chi connectivity index (χ4v) is 2.81. The number of H-pyrrole nitrogens is 1. The number of aromatic amines is 1. The van der Waals surface area contributed by atoms with Gasteiger partial charge in [0.05, 0.1) is 5.69 Å². The van der Waals surface area contributed by atoms with Crippen LogP contribution < -0.4 is 10.9 Å². The van der Waals surface area contributed by atoms with Crippen molar-refractivity contribution >= 4 is 11.6 Å². The summed E-state index contributed by atoms with van der Waals surface area (Å²) in [7, 11) is 0. The lowest BCUT2D eigenvalue weighted by atomic mass is 9.87. The summed E-state index contributed by atoms with van der Waals surface area (Å²) in [6.07, 6.45) is 2.69. The van der Waals surface area contributed by atoms with Crippen molar-refractivity contribution in [3.63, 3.8) is 0 Å². The van der Waals surface area contributed by atoms with Gasteiger partial charge in [0.15, 0.2) is 0 Å². The molecule has 0 radical (unpaired) electrons. The van der Waals surface area contributed by atoms with E-state index in [-0.39, 0.29) is 11.3 Å². The summed E-state index contributed by atoms with van der Waals surface area (Å²) in [5.74, 6) is -0.591. The zero-order chi connectivity index (χ0) is 15.7. The first kappa shape index (κ1) is 14.5. The standard InChI is InChI=1S/C17H17FN2O2/c1-10-6-7-14-11(8-10)9-12(16(21)19-14)17(22)20-15-5-3-2-4-13(15)18/h2-5,9-10H,6-8H2,1H3,(H,19,21)(H,20,22)/t10-/m0/s1. The van der Waals surface area contributed by atoms with E-state index in [0.29, 0.717) is 5.92 Å². The van der Waals surface area contributed by atoms with Crippen molar-refractivity contribution in [1.29, 1.82) is 0 Å². The number of pyridine rings is 1. The van der Waals surface area contributed by atoms with Gasteiger partial charge in [-0.15, -0.1) is 0 Å². The van der Waals surface area contributed by atoms with Crippen molar-refractivity contribution in [3.05, 3.63) is 63.3 Å². The number of rotatable bonds is 2. The van der Waals surface area contributed by atoms with Gasteiger partial charge in [-0.2, -0.15) is 0 Å². The van der Waals surface area contributed by atoms with Gasteiger partial charge in [-0.25, -0.2) is 4.39 Å².